The van der Waals surface area contributed by atoms with Crippen molar-refractivity contribution in [2.45, 2.75) is 31.7 Å². The van der Waals surface area contributed by atoms with Crippen molar-refractivity contribution in [3.63, 3.8) is 0 Å². The highest BCUT2D eigenvalue weighted by Crippen LogP contribution is 2.25. The van der Waals surface area contributed by atoms with Crippen molar-refractivity contribution >= 4 is 5.97 Å². The standard InChI is InChI=1S/C10H17NO2/c1-3-13-10(12)8-6-4-5-7-9(8)11-2/h3,8-9,11H,1,4-7H2,2H3/t8-,9+/m0/s1. The molecule has 0 saturated heterocycles. The molecule has 3 nitrogen and oxygen atoms in total. The van der Waals surface area contributed by atoms with E-state index < -0.39 is 0 Å². The van der Waals surface area contributed by atoms with Crippen molar-refractivity contribution in [2.75, 3.05) is 7.05 Å². The zero-order valence-corrected chi connectivity index (χ0v) is 8.08. The van der Waals surface area contributed by atoms with Crippen LogP contribution in [-0.4, -0.2) is 19.1 Å². The van der Waals surface area contributed by atoms with E-state index in [1.807, 2.05) is 7.05 Å². The topological polar surface area (TPSA) is 38.3 Å². The smallest absolute Gasteiger partial charge is 0.315 e. The van der Waals surface area contributed by atoms with Crippen molar-refractivity contribution in [3.05, 3.63) is 12.8 Å². The first-order valence-corrected chi connectivity index (χ1v) is 4.78. The van der Waals surface area contributed by atoms with Crippen molar-refractivity contribution in [3.8, 4) is 0 Å². The fourth-order valence-electron chi connectivity index (χ4n) is 1.93. The molecule has 0 aliphatic heterocycles. The molecule has 0 heterocycles. The zero-order chi connectivity index (χ0) is 9.68. The summed E-state index contributed by atoms with van der Waals surface area (Å²) in [5.74, 6) is -0.134. The summed E-state index contributed by atoms with van der Waals surface area (Å²) in [5, 5.41) is 3.16. The summed E-state index contributed by atoms with van der Waals surface area (Å²) in [6, 6.07) is 0.279. The molecule has 0 unspecified atom stereocenters. The lowest BCUT2D eigenvalue weighted by Gasteiger charge is -2.28. The summed E-state index contributed by atoms with van der Waals surface area (Å²) in [5.41, 5.74) is 0. The third-order valence-corrected chi connectivity index (χ3v) is 2.64. The lowest BCUT2D eigenvalue weighted by molar-refractivity contribution is -0.144. The molecule has 0 aromatic carbocycles. The number of carbonyl (C=O) groups excluding carboxylic acids is 1. The zero-order valence-electron chi connectivity index (χ0n) is 8.08. The Morgan fingerprint density at radius 3 is 2.85 bits per heavy atom. The molecule has 0 aromatic heterocycles. The Balaban J connectivity index is 2.52. The number of carbonyl (C=O) groups is 1. The first kappa shape index (κ1) is 10.3. The average Bonchev–Trinajstić information content (AvgIpc) is 2.18. The molecule has 3 heteroatoms. The summed E-state index contributed by atoms with van der Waals surface area (Å²) in [4.78, 5) is 11.4. The Kier molecular flexibility index (Phi) is 3.96. The SMILES string of the molecule is C=COC(=O)[C@H]1CCCC[C@H]1NC. The van der Waals surface area contributed by atoms with Crippen LogP contribution in [-0.2, 0) is 9.53 Å². The van der Waals surface area contributed by atoms with Crippen molar-refractivity contribution in [1.29, 1.82) is 0 Å². The molecule has 13 heavy (non-hydrogen) atoms. The van der Waals surface area contributed by atoms with Gasteiger partial charge in [0.2, 0.25) is 0 Å². The van der Waals surface area contributed by atoms with Crippen molar-refractivity contribution in [2.24, 2.45) is 5.92 Å². The van der Waals surface area contributed by atoms with E-state index in [1.54, 1.807) is 0 Å². The van der Waals surface area contributed by atoms with Gasteiger partial charge >= 0.3 is 5.97 Å². The van der Waals surface area contributed by atoms with Crippen LogP contribution in [0.4, 0.5) is 0 Å². The maximum absolute atomic E-state index is 11.4. The minimum absolute atomic E-state index is 0.0109. The van der Waals surface area contributed by atoms with Crippen LogP contribution in [0.3, 0.4) is 0 Å². The van der Waals surface area contributed by atoms with Gasteiger partial charge in [0.25, 0.3) is 0 Å². The Morgan fingerprint density at radius 2 is 2.23 bits per heavy atom. The number of nitrogens with one attached hydrogen (secondary N) is 1. The Hall–Kier alpha value is -0.830. The van der Waals surface area contributed by atoms with E-state index in [-0.39, 0.29) is 17.9 Å². The van der Waals surface area contributed by atoms with E-state index in [4.69, 9.17) is 4.74 Å². The van der Waals surface area contributed by atoms with Gasteiger partial charge in [0.05, 0.1) is 12.2 Å². The van der Waals surface area contributed by atoms with Crippen LogP contribution < -0.4 is 5.32 Å². The van der Waals surface area contributed by atoms with Crippen LogP contribution in [0.2, 0.25) is 0 Å². The molecule has 74 valence electrons. The number of rotatable bonds is 3. The summed E-state index contributed by atoms with van der Waals surface area (Å²) in [7, 11) is 1.89. The molecule has 2 atom stereocenters. The van der Waals surface area contributed by atoms with Crippen LogP contribution in [0.5, 0.6) is 0 Å². The first-order valence-electron chi connectivity index (χ1n) is 4.78. The predicted octanol–water partition coefficient (Wildman–Crippen LogP) is 1.45. The second-order valence-corrected chi connectivity index (χ2v) is 3.39. The van der Waals surface area contributed by atoms with Gasteiger partial charge in [0.1, 0.15) is 0 Å². The van der Waals surface area contributed by atoms with E-state index in [0.29, 0.717) is 0 Å². The highest BCUT2D eigenvalue weighted by molar-refractivity contribution is 5.74. The van der Waals surface area contributed by atoms with E-state index in [1.165, 1.54) is 12.7 Å². The largest absolute Gasteiger partial charge is 0.435 e. The molecule has 1 saturated carbocycles. The Bertz CT molecular complexity index is 191. The first-order chi connectivity index (χ1) is 6.29. The van der Waals surface area contributed by atoms with Crippen LogP contribution in [0.15, 0.2) is 12.8 Å². The highest BCUT2D eigenvalue weighted by atomic mass is 16.5. The maximum Gasteiger partial charge on any atom is 0.315 e. The minimum Gasteiger partial charge on any atom is -0.435 e. The van der Waals surface area contributed by atoms with E-state index in [9.17, 15) is 4.79 Å². The Labute approximate surface area is 79.2 Å². The second kappa shape index (κ2) is 5.02. The number of ether oxygens (including phenoxy) is 1. The fourth-order valence-corrected chi connectivity index (χ4v) is 1.93. The molecule has 0 bridgehead atoms. The van der Waals surface area contributed by atoms with Gasteiger partial charge in [-0.2, -0.15) is 0 Å². The van der Waals surface area contributed by atoms with Crippen LogP contribution in [0.25, 0.3) is 0 Å². The average molecular weight is 183 g/mol. The number of esters is 1. The van der Waals surface area contributed by atoms with E-state index in [2.05, 4.69) is 11.9 Å². The van der Waals surface area contributed by atoms with Gasteiger partial charge in [-0.1, -0.05) is 19.4 Å². The van der Waals surface area contributed by atoms with Crippen molar-refractivity contribution in [1.82, 2.24) is 5.32 Å². The van der Waals surface area contributed by atoms with Gasteiger partial charge in [-0.3, -0.25) is 4.79 Å². The third kappa shape index (κ3) is 2.56. The van der Waals surface area contributed by atoms with Gasteiger partial charge in [0.15, 0.2) is 0 Å². The molecule has 1 N–H and O–H groups in total. The van der Waals surface area contributed by atoms with E-state index >= 15 is 0 Å². The number of hydrogen-bond donors (Lipinski definition) is 1. The summed E-state index contributed by atoms with van der Waals surface area (Å²) in [6.45, 7) is 3.38. The molecule has 1 fully saturated rings. The molecular weight excluding hydrogens is 166 g/mol. The molecule has 0 spiro atoms. The molecule has 1 aliphatic carbocycles. The molecule has 0 amide bonds. The molecule has 0 radical (unpaired) electrons. The van der Waals surface area contributed by atoms with Crippen LogP contribution >= 0.6 is 0 Å². The van der Waals surface area contributed by atoms with Gasteiger partial charge in [-0.05, 0) is 19.9 Å². The monoisotopic (exact) mass is 183 g/mol. The lowest BCUT2D eigenvalue weighted by Crippen LogP contribution is -2.40. The van der Waals surface area contributed by atoms with Crippen LogP contribution in [0.1, 0.15) is 25.7 Å². The highest BCUT2D eigenvalue weighted by Gasteiger charge is 2.30. The summed E-state index contributed by atoms with van der Waals surface area (Å²) < 4.78 is 4.80. The molecule has 1 rings (SSSR count). The fraction of sp³-hybridized carbons (Fsp3) is 0.700. The lowest BCUT2D eigenvalue weighted by atomic mass is 9.84. The second-order valence-electron chi connectivity index (χ2n) is 3.39. The maximum atomic E-state index is 11.4. The quantitative estimate of drug-likeness (QED) is 0.531. The Morgan fingerprint density at radius 1 is 1.54 bits per heavy atom. The van der Waals surface area contributed by atoms with Gasteiger partial charge in [-0.25, -0.2) is 0 Å². The molecule has 0 aromatic rings. The molecule has 1 aliphatic rings. The third-order valence-electron chi connectivity index (χ3n) is 2.64. The predicted molar refractivity (Wildman–Crippen MR) is 51.1 cm³/mol. The van der Waals surface area contributed by atoms with E-state index in [0.717, 1.165) is 19.3 Å². The van der Waals surface area contributed by atoms with Gasteiger partial charge in [-0.15, -0.1) is 0 Å². The van der Waals surface area contributed by atoms with Gasteiger partial charge in [0, 0.05) is 6.04 Å². The summed E-state index contributed by atoms with van der Waals surface area (Å²) >= 11 is 0. The summed E-state index contributed by atoms with van der Waals surface area (Å²) in [6.07, 6.45) is 5.52. The number of hydrogen-bond acceptors (Lipinski definition) is 3. The van der Waals surface area contributed by atoms with Crippen LogP contribution in [0, 0.1) is 5.92 Å². The van der Waals surface area contributed by atoms with Crippen molar-refractivity contribution < 1.29 is 9.53 Å². The normalized spacial score (nSPS) is 28.1. The van der Waals surface area contributed by atoms with Gasteiger partial charge < -0.3 is 10.1 Å². The minimum atomic E-state index is -0.144. The molecular formula is C10H17NO2.